The number of carbonyl (C=O) groups is 1. The molecule has 3 aromatic rings. The molecule has 110 valence electrons. The van der Waals surface area contributed by atoms with E-state index in [0.717, 1.165) is 11.1 Å². The molecule has 0 unspecified atom stereocenters. The summed E-state index contributed by atoms with van der Waals surface area (Å²) in [7, 11) is 0. The molecule has 0 saturated carbocycles. The normalized spacial score (nSPS) is 10.4. The van der Waals surface area contributed by atoms with E-state index in [1.54, 1.807) is 18.2 Å². The fourth-order valence-corrected chi connectivity index (χ4v) is 3.06. The first-order valence-electron chi connectivity index (χ1n) is 6.90. The second-order valence-corrected chi connectivity index (χ2v) is 5.72. The van der Waals surface area contributed by atoms with Crippen LogP contribution in [0.15, 0.2) is 66.0 Å². The zero-order valence-electron chi connectivity index (χ0n) is 11.8. The van der Waals surface area contributed by atoms with E-state index in [0.29, 0.717) is 10.4 Å². The van der Waals surface area contributed by atoms with Crippen molar-refractivity contribution in [1.29, 1.82) is 0 Å². The molecule has 0 fully saturated rings. The third-order valence-corrected chi connectivity index (χ3v) is 4.27. The maximum absolute atomic E-state index is 13.6. The molecule has 0 aliphatic rings. The molecule has 0 spiro atoms. The van der Waals surface area contributed by atoms with Crippen LogP contribution >= 0.6 is 11.3 Å². The van der Waals surface area contributed by atoms with E-state index in [1.807, 2.05) is 41.8 Å². The van der Waals surface area contributed by atoms with Crippen LogP contribution in [-0.4, -0.2) is 5.91 Å². The standard InChI is InChI=1S/C18H14FNOS/c19-16-9-5-4-8-14(16)12-20-18(21)17-15(10-11-22-17)13-6-2-1-3-7-13/h1-11H,12H2,(H,20,21). The van der Waals surface area contributed by atoms with Crippen LogP contribution in [0.4, 0.5) is 4.39 Å². The van der Waals surface area contributed by atoms with Gasteiger partial charge >= 0.3 is 0 Å². The van der Waals surface area contributed by atoms with Gasteiger partial charge in [-0.05, 0) is 23.1 Å². The second kappa shape index (κ2) is 6.54. The van der Waals surface area contributed by atoms with Gasteiger partial charge in [-0.1, -0.05) is 48.5 Å². The van der Waals surface area contributed by atoms with Crippen LogP contribution in [0, 0.1) is 5.82 Å². The number of benzene rings is 2. The van der Waals surface area contributed by atoms with Crippen molar-refractivity contribution in [1.82, 2.24) is 5.32 Å². The number of hydrogen-bond acceptors (Lipinski definition) is 2. The molecule has 0 radical (unpaired) electrons. The largest absolute Gasteiger partial charge is 0.347 e. The van der Waals surface area contributed by atoms with Crippen molar-refractivity contribution in [2.24, 2.45) is 0 Å². The monoisotopic (exact) mass is 311 g/mol. The first kappa shape index (κ1) is 14.5. The minimum absolute atomic E-state index is 0.178. The Morgan fingerprint density at radius 2 is 1.73 bits per heavy atom. The van der Waals surface area contributed by atoms with Gasteiger partial charge in [-0.2, -0.15) is 0 Å². The molecule has 2 aromatic carbocycles. The summed E-state index contributed by atoms with van der Waals surface area (Å²) in [5, 5.41) is 4.67. The van der Waals surface area contributed by atoms with E-state index in [1.165, 1.54) is 17.4 Å². The van der Waals surface area contributed by atoms with Gasteiger partial charge in [0.2, 0.25) is 0 Å². The van der Waals surface area contributed by atoms with Gasteiger partial charge in [-0.3, -0.25) is 4.79 Å². The number of halogens is 1. The van der Waals surface area contributed by atoms with Crippen LogP contribution in [-0.2, 0) is 6.54 Å². The lowest BCUT2D eigenvalue weighted by Gasteiger charge is -2.07. The third kappa shape index (κ3) is 3.07. The summed E-state index contributed by atoms with van der Waals surface area (Å²) < 4.78 is 13.6. The molecule has 4 heteroatoms. The number of hydrogen-bond donors (Lipinski definition) is 1. The first-order valence-corrected chi connectivity index (χ1v) is 7.78. The highest BCUT2D eigenvalue weighted by Crippen LogP contribution is 2.28. The van der Waals surface area contributed by atoms with Crippen LogP contribution in [0.3, 0.4) is 0 Å². The van der Waals surface area contributed by atoms with Gasteiger partial charge in [0.25, 0.3) is 5.91 Å². The van der Waals surface area contributed by atoms with Crippen molar-refractivity contribution in [2.45, 2.75) is 6.54 Å². The lowest BCUT2D eigenvalue weighted by Crippen LogP contribution is -2.22. The van der Waals surface area contributed by atoms with E-state index in [2.05, 4.69) is 5.32 Å². The Hall–Kier alpha value is -2.46. The van der Waals surface area contributed by atoms with Crippen LogP contribution in [0.1, 0.15) is 15.2 Å². The summed E-state index contributed by atoms with van der Waals surface area (Å²) in [5.41, 5.74) is 2.38. The average Bonchev–Trinajstić information content (AvgIpc) is 3.04. The van der Waals surface area contributed by atoms with Crippen LogP contribution in [0.2, 0.25) is 0 Å². The minimum atomic E-state index is -0.308. The SMILES string of the molecule is O=C(NCc1ccccc1F)c1sccc1-c1ccccc1. The number of rotatable bonds is 4. The molecular weight excluding hydrogens is 297 g/mol. The van der Waals surface area contributed by atoms with Gasteiger partial charge in [-0.25, -0.2) is 4.39 Å². The van der Waals surface area contributed by atoms with Crippen molar-refractivity contribution in [3.8, 4) is 11.1 Å². The number of amides is 1. The van der Waals surface area contributed by atoms with Gasteiger partial charge in [0.15, 0.2) is 0 Å². The highest BCUT2D eigenvalue weighted by Gasteiger charge is 2.14. The Morgan fingerprint density at radius 1 is 1.00 bits per heavy atom. The van der Waals surface area contributed by atoms with Gasteiger partial charge in [0.1, 0.15) is 5.82 Å². The van der Waals surface area contributed by atoms with Gasteiger partial charge in [-0.15, -0.1) is 11.3 Å². The van der Waals surface area contributed by atoms with Crippen LogP contribution in [0.5, 0.6) is 0 Å². The fourth-order valence-electron chi connectivity index (χ4n) is 2.23. The van der Waals surface area contributed by atoms with Crippen molar-refractivity contribution in [3.63, 3.8) is 0 Å². The summed E-state index contributed by atoms with van der Waals surface area (Å²) in [6.07, 6.45) is 0. The minimum Gasteiger partial charge on any atom is -0.347 e. The quantitative estimate of drug-likeness (QED) is 0.756. The zero-order chi connectivity index (χ0) is 15.4. The van der Waals surface area contributed by atoms with E-state index >= 15 is 0 Å². The maximum Gasteiger partial charge on any atom is 0.262 e. The van der Waals surface area contributed by atoms with E-state index < -0.39 is 0 Å². The van der Waals surface area contributed by atoms with Crippen LogP contribution < -0.4 is 5.32 Å². The predicted molar refractivity (Wildman–Crippen MR) is 87.3 cm³/mol. The number of thiophene rings is 1. The molecule has 0 aliphatic heterocycles. The fraction of sp³-hybridized carbons (Fsp3) is 0.0556. The van der Waals surface area contributed by atoms with Gasteiger partial charge in [0, 0.05) is 17.7 Å². The Morgan fingerprint density at radius 3 is 2.50 bits per heavy atom. The van der Waals surface area contributed by atoms with E-state index in [4.69, 9.17) is 0 Å². The molecule has 22 heavy (non-hydrogen) atoms. The first-order chi connectivity index (χ1) is 10.8. The molecule has 0 aliphatic carbocycles. The third-order valence-electron chi connectivity index (χ3n) is 3.35. The summed E-state index contributed by atoms with van der Waals surface area (Å²) in [5.74, 6) is -0.491. The molecule has 0 atom stereocenters. The van der Waals surface area contributed by atoms with Crippen molar-refractivity contribution < 1.29 is 9.18 Å². The molecular formula is C18H14FNOS. The Labute approximate surface area is 132 Å². The van der Waals surface area contributed by atoms with E-state index in [-0.39, 0.29) is 18.3 Å². The summed E-state index contributed by atoms with van der Waals surface area (Å²) >= 11 is 1.39. The lowest BCUT2D eigenvalue weighted by molar-refractivity contribution is 0.0955. The van der Waals surface area contributed by atoms with E-state index in [9.17, 15) is 9.18 Å². The maximum atomic E-state index is 13.6. The van der Waals surface area contributed by atoms with Crippen molar-refractivity contribution >= 4 is 17.2 Å². The highest BCUT2D eigenvalue weighted by atomic mass is 32.1. The lowest BCUT2D eigenvalue weighted by atomic mass is 10.1. The summed E-state index contributed by atoms with van der Waals surface area (Å²) in [6.45, 7) is 0.178. The molecule has 1 amide bonds. The van der Waals surface area contributed by atoms with Crippen molar-refractivity contribution in [3.05, 3.63) is 82.3 Å². The van der Waals surface area contributed by atoms with Crippen molar-refractivity contribution in [2.75, 3.05) is 0 Å². The zero-order valence-corrected chi connectivity index (χ0v) is 12.6. The highest BCUT2D eigenvalue weighted by molar-refractivity contribution is 7.12. The topological polar surface area (TPSA) is 29.1 Å². The molecule has 1 N–H and O–H groups in total. The number of carbonyl (C=O) groups excluding carboxylic acids is 1. The van der Waals surface area contributed by atoms with Gasteiger partial charge in [0.05, 0.1) is 4.88 Å². The van der Waals surface area contributed by atoms with Crippen LogP contribution in [0.25, 0.3) is 11.1 Å². The Kier molecular flexibility index (Phi) is 4.30. The van der Waals surface area contributed by atoms with Gasteiger partial charge < -0.3 is 5.32 Å². The summed E-state index contributed by atoms with van der Waals surface area (Å²) in [6, 6.07) is 18.1. The predicted octanol–water partition coefficient (Wildman–Crippen LogP) is 4.48. The Bertz CT molecular complexity index is 783. The molecule has 0 saturated heterocycles. The summed E-state index contributed by atoms with van der Waals surface area (Å²) in [4.78, 5) is 13.0. The Balaban J connectivity index is 1.77. The molecule has 2 nitrogen and oxygen atoms in total. The molecule has 3 rings (SSSR count). The second-order valence-electron chi connectivity index (χ2n) is 4.80. The smallest absolute Gasteiger partial charge is 0.262 e. The average molecular weight is 311 g/mol. The molecule has 1 aromatic heterocycles. The number of nitrogens with one attached hydrogen (secondary N) is 1. The molecule has 0 bridgehead atoms. The molecule has 1 heterocycles.